The number of hydrogen-bond acceptors (Lipinski definition) is 6. The fraction of sp³-hybridized carbons (Fsp3) is 0.400. The Morgan fingerprint density at radius 2 is 1.85 bits per heavy atom. The van der Waals surface area contributed by atoms with Crippen LogP contribution in [0, 0.1) is 0 Å². The molecule has 26 heavy (non-hydrogen) atoms. The van der Waals surface area contributed by atoms with E-state index in [1.807, 2.05) is 18.3 Å². The van der Waals surface area contributed by atoms with Gasteiger partial charge >= 0.3 is 0 Å². The van der Waals surface area contributed by atoms with Gasteiger partial charge in [-0.05, 0) is 41.7 Å². The van der Waals surface area contributed by atoms with Gasteiger partial charge in [0, 0.05) is 28.6 Å². The summed E-state index contributed by atoms with van der Waals surface area (Å²) in [4.78, 5) is 9.88. The standard InChI is InChI=1S/C20H22N4OS/c1-19(2,3)15-14-9-12(11-22-18(14)26-24-15)10-20(4,5)16-13-7-6-8-21-17(13)25-23-16/h6-9,11H,10H2,1-5H3. The van der Waals surface area contributed by atoms with Gasteiger partial charge < -0.3 is 4.52 Å². The van der Waals surface area contributed by atoms with Crippen molar-refractivity contribution in [2.24, 2.45) is 0 Å². The molecular weight excluding hydrogens is 344 g/mol. The number of rotatable bonds is 3. The Morgan fingerprint density at radius 1 is 1.04 bits per heavy atom. The summed E-state index contributed by atoms with van der Waals surface area (Å²) in [5.41, 5.74) is 3.60. The maximum Gasteiger partial charge on any atom is 0.257 e. The van der Waals surface area contributed by atoms with E-state index < -0.39 is 0 Å². The molecule has 4 aromatic rings. The van der Waals surface area contributed by atoms with Crippen molar-refractivity contribution in [3.63, 3.8) is 0 Å². The number of aromatic nitrogens is 4. The Balaban J connectivity index is 1.74. The second-order valence-electron chi connectivity index (χ2n) is 8.43. The van der Waals surface area contributed by atoms with Crippen LogP contribution in [-0.4, -0.2) is 19.5 Å². The Bertz CT molecular complexity index is 1090. The summed E-state index contributed by atoms with van der Waals surface area (Å²) >= 11 is 1.47. The summed E-state index contributed by atoms with van der Waals surface area (Å²) in [6, 6.07) is 6.16. The van der Waals surface area contributed by atoms with Gasteiger partial charge in [0.05, 0.1) is 16.8 Å². The summed E-state index contributed by atoms with van der Waals surface area (Å²) < 4.78 is 10.0. The summed E-state index contributed by atoms with van der Waals surface area (Å²) in [5, 5.41) is 6.43. The highest BCUT2D eigenvalue weighted by molar-refractivity contribution is 7.12. The Labute approximate surface area is 156 Å². The first-order valence-electron chi connectivity index (χ1n) is 8.71. The van der Waals surface area contributed by atoms with Gasteiger partial charge in [0.25, 0.3) is 5.71 Å². The van der Waals surface area contributed by atoms with Crippen molar-refractivity contribution in [2.45, 2.75) is 51.9 Å². The molecule has 0 amide bonds. The molecule has 0 N–H and O–H groups in total. The van der Waals surface area contributed by atoms with Gasteiger partial charge in [-0.25, -0.2) is 9.97 Å². The van der Waals surface area contributed by atoms with Crippen LogP contribution in [0.1, 0.15) is 51.6 Å². The minimum Gasteiger partial charge on any atom is -0.336 e. The predicted octanol–water partition coefficient (Wildman–Crippen LogP) is 5.05. The van der Waals surface area contributed by atoms with Gasteiger partial charge in [0.15, 0.2) is 0 Å². The molecule has 0 saturated heterocycles. The van der Waals surface area contributed by atoms with E-state index in [4.69, 9.17) is 4.52 Å². The molecule has 0 aliphatic heterocycles. The van der Waals surface area contributed by atoms with Crippen LogP contribution in [0.15, 0.2) is 35.1 Å². The van der Waals surface area contributed by atoms with Crippen molar-refractivity contribution in [3.8, 4) is 0 Å². The van der Waals surface area contributed by atoms with Crippen LogP contribution in [0.4, 0.5) is 0 Å². The van der Waals surface area contributed by atoms with Gasteiger partial charge in [-0.3, -0.25) is 0 Å². The molecule has 0 radical (unpaired) electrons. The fourth-order valence-corrected chi connectivity index (χ4v) is 4.28. The van der Waals surface area contributed by atoms with Crippen molar-refractivity contribution < 1.29 is 4.52 Å². The second-order valence-corrected chi connectivity index (χ2v) is 9.18. The van der Waals surface area contributed by atoms with Crippen LogP contribution in [-0.2, 0) is 17.3 Å². The van der Waals surface area contributed by atoms with E-state index in [0.29, 0.717) is 5.71 Å². The summed E-state index contributed by atoms with van der Waals surface area (Å²) in [6.07, 6.45) is 4.49. The molecule has 6 heteroatoms. The SMILES string of the molecule is CC(C)(C)c1nsc2ncc(CC(C)(C)c3noc4ncccc34)cc12. The largest absolute Gasteiger partial charge is 0.336 e. The molecule has 4 heterocycles. The average molecular weight is 366 g/mol. The molecule has 0 aliphatic rings. The highest BCUT2D eigenvalue weighted by atomic mass is 32.1. The van der Waals surface area contributed by atoms with Crippen LogP contribution in [0.2, 0.25) is 0 Å². The van der Waals surface area contributed by atoms with Gasteiger partial charge in [0.1, 0.15) is 4.83 Å². The van der Waals surface area contributed by atoms with Gasteiger partial charge in [-0.2, -0.15) is 4.37 Å². The third-order valence-corrected chi connectivity index (χ3v) is 5.41. The molecule has 0 atom stereocenters. The van der Waals surface area contributed by atoms with Crippen LogP contribution in [0.5, 0.6) is 0 Å². The van der Waals surface area contributed by atoms with Crippen molar-refractivity contribution in [3.05, 3.63) is 47.5 Å². The zero-order chi connectivity index (χ0) is 18.5. The smallest absolute Gasteiger partial charge is 0.257 e. The summed E-state index contributed by atoms with van der Waals surface area (Å²) in [5.74, 6) is 0. The topological polar surface area (TPSA) is 64.7 Å². The first-order chi connectivity index (χ1) is 12.3. The van der Waals surface area contributed by atoms with Crippen LogP contribution in [0.3, 0.4) is 0 Å². The molecule has 0 aromatic carbocycles. The molecule has 0 spiro atoms. The van der Waals surface area contributed by atoms with E-state index in [-0.39, 0.29) is 10.8 Å². The van der Waals surface area contributed by atoms with E-state index in [2.05, 4.69) is 60.2 Å². The van der Waals surface area contributed by atoms with Crippen LogP contribution in [0.25, 0.3) is 21.3 Å². The van der Waals surface area contributed by atoms with E-state index in [9.17, 15) is 0 Å². The van der Waals surface area contributed by atoms with Crippen molar-refractivity contribution in [1.82, 2.24) is 19.5 Å². The molecule has 4 rings (SSSR count). The highest BCUT2D eigenvalue weighted by Crippen LogP contribution is 2.35. The lowest BCUT2D eigenvalue weighted by Crippen LogP contribution is -2.21. The lowest BCUT2D eigenvalue weighted by Gasteiger charge is -2.22. The number of hydrogen-bond donors (Lipinski definition) is 0. The molecule has 0 unspecified atom stereocenters. The molecule has 0 aliphatic carbocycles. The number of fused-ring (bicyclic) bond motifs is 2. The summed E-state index contributed by atoms with van der Waals surface area (Å²) in [6.45, 7) is 10.9. The monoisotopic (exact) mass is 366 g/mol. The third-order valence-electron chi connectivity index (χ3n) is 4.63. The zero-order valence-electron chi connectivity index (χ0n) is 15.7. The lowest BCUT2D eigenvalue weighted by atomic mass is 9.81. The highest BCUT2D eigenvalue weighted by Gasteiger charge is 2.29. The zero-order valence-corrected chi connectivity index (χ0v) is 16.5. The minimum absolute atomic E-state index is 0.00204. The Morgan fingerprint density at radius 3 is 2.62 bits per heavy atom. The first-order valence-corrected chi connectivity index (χ1v) is 9.49. The predicted molar refractivity (Wildman–Crippen MR) is 105 cm³/mol. The molecule has 134 valence electrons. The third kappa shape index (κ3) is 2.88. The molecule has 0 saturated carbocycles. The maximum atomic E-state index is 5.41. The maximum absolute atomic E-state index is 5.41. The number of pyridine rings is 2. The molecular formula is C20H22N4OS. The number of nitrogens with zero attached hydrogens (tertiary/aromatic N) is 4. The van der Waals surface area contributed by atoms with Crippen molar-refractivity contribution in [2.75, 3.05) is 0 Å². The van der Waals surface area contributed by atoms with E-state index >= 15 is 0 Å². The average Bonchev–Trinajstić information content (AvgIpc) is 3.18. The fourth-order valence-electron chi connectivity index (χ4n) is 3.38. The Kier molecular flexibility index (Phi) is 3.84. The van der Waals surface area contributed by atoms with Crippen LogP contribution >= 0.6 is 11.5 Å². The normalized spacial score (nSPS) is 13.0. The van der Waals surface area contributed by atoms with Crippen LogP contribution < -0.4 is 0 Å². The quantitative estimate of drug-likeness (QED) is 0.508. The van der Waals surface area contributed by atoms with Gasteiger partial charge in [0.2, 0.25) is 0 Å². The first kappa shape index (κ1) is 17.1. The van der Waals surface area contributed by atoms with E-state index in [1.165, 1.54) is 17.1 Å². The minimum atomic E-state index is -0.199. The van der Waals surface area contributed by atoms with Gasteiger partial charge in [-0.1, -0.05) is 39.8 Å². The molecule has 0 bridgehead atoms. The molecule has 5 nitrogen and oxygen atoms in total. The molecule has 4 aromatic heterocycles. The molecule has 0 fully saturated rings. The van der Waals surface area contributed by atoms with Crippen molar-refractivity contribution >= 4 is 32.8 Å². The van der Waals surface area contributed by atoms with Crippen molar-refractivity contribution in [1.29, 1.82) is 0 Å². The lowest BCUT2D eigenvalue weighted by molar-refractivity contribution is 0.402. The van der Waals surface area contributed by atoms with E-state index in [0.717, 1.165) is 33.4 Å². The summed E-state index contributed by atoms with van der Waals surface area (Å²) in [7, 11) is 0. The Hall–Kier alpha value is -2.34. The van der Waals surface area contributed by atoms with E-state index in [1.54, 1.807) is 6.20 Å². The van der Waals surface area contributed by atoms with Gasteiger partial charge in [-0.15, -0.1) is 0 Å². The second kappa shape index (κ2) is 5.84.